The van der Waals surface area contributed by atoms with Crippen LogP contribution in [0.15, 0.2) is 30.7 Å². The molecule has 23 heavy (non-hydrogen) atoms. The third-order valence-corrected chi connectivity index (χ3v) is 5.21. The van der Waals surface area contributed by atoms with Gasteiger partial charge in [0, 0.05) is 22.5 Å². The van der Waals surface area contributed by atoms with Gasteiger partial charge < -0.3 is 10.3 Å². The highest BCUT2D eigenvalue weighted by Crippen LogP contribution is 2.34. The fraction of sp³-hybridized carbons (Fsp3) is 0.188. The van der Waals surface area contributed by atoms with Crippen LogP contribution in [0.2, 0.25) is 0 Å². The zero-order chi connectivity index (χ0) is 15.2. The predicted octanol–water partition coefficient (Wildman–Crippen LogP) is 3.37. The SMILES string of the molecule is c1nc(Nc2ccc3[nH]ncc3c2)c2c3c([nH]c2n1)CCSC3. The summed E-state index contributed by atoms with van der Waals surface area (Å²) in [5, 5.41) is 12.7. The highest BCUT2D eigenvalue weighted by molar-refractivity contribution is 7.98. The van der Waals surface area contributed by atoms with Crippen LogP contribution in [0.1, 0.15) is 11.3 Å². The molecular weight excluding hydrogens is 308 g/mol. The van der Waals surface area contributed by atoms with Gasteiger partial charge in [-0.15, -0.1) is 0 Å². The predicted molar refractivity (Wildman–Crippen MR) is 93.1 cm³/mol. The van der Waals surface area contributed by atoms with Crippen LogP contribution in [0.3, 0.4) is 0 Å². The summed E-state index contributed by atoms with van der Waals surface area (Å²) < 4.78 is 0. The number of nitrogens with zero attached hydrogens (tertiary/aromatic N) is 3. The van der Waals surface area contributed by atoms with Crippen LogP contribution in [-0.4, -0.2) is 30.9 Å². The number of benzene rings is 1. The number of aryl methyl sites for hydroxylation is 1. The molecule has 6 nitrogen and oxygen atoms in total. The maximum absolute atomic E-state index is 4.48. The van der Waals surface area contributed by atoms with Gasteiger partial charge in [-0.25, -0.2) is 9.97 Å². The van der Waals surface area contributed by atoms with Gasteiger partial charge in [0.15, 0.2) is 0 Å². The lowest BCUT2D eigenvalue weighted by atomic mass is 10.1. The Bertz CT molecular complexity index is 1020. The summed E-state index contributed by atoms with van der Waals surface area (Å²) in [5.74, 6) is 3.03. The molecule has 0 saturated carbocycles. The molecule has 1 aliphatic heterocycles. The summed E-state index contributed by atoms with van der Waals surface area (Å²) >= 11 is 1.96. The minimum absolute atomic E-state index is 0.859. The third kappa shape index (κ3) is 2.08. The van der Waals surface area contributed by atoms with Crippen molar-refractivity contribution < 1.29 is 0 Å². The Morgan fingerprint density at radius 3 is 3.22 bits per heavy atom. The number of nitrogens with one attached hydrogen (secondary N) is 3. The van der Waals surface area contributed by atoms with Gasteiger partial charge in [0.25, 0.3) is 0 Å². The summed E-state index contributed by atoms with van der Waals surface area (Å²) in [5.41, 5.74) is 5.58. The summed E-state index contributed by atoms with van der Waals surface area (Å²) in [7, 11) is 0. The van der Waals surface area contributed by atoms with E-state index in [0.717, 1.165) is 51.4 Å². The molecule has 114 valence electrons. The van der Waals surface area contributed by atoms with Crippen molar-refractivity contribution in [2.75, 3.05) is 11.1 Å². The number of hydrogen-bond donors (Lipinski definition) is 3. The van der Waals surface area contributed by atoms with Gasteiger partial charge in [-0.1, -0.05) is 0 Å². The average Bonchev–Trinajstić information content (AvgIpc) is 3.18. The van der Waals surface area contributed by atoms with E-state index in [-0.39, 0.29) is 0 Å². The highest BCUT2D eigenvalue weighted by atomic mass is 32.2. The van der Waals surface area contributed by atoms with Crippen molar-refractivity contribution in [3.63, 3.8) is 0 Å². The Kier molecular flexibility index (Phi) is 2.81. The summed E-state index contributed by atoms with van der Waals surface area (Å²) in [4.78, 5) is 12.3. The molecule has 5 rings (SSSR count). The number of fused-ring (bicyclic) bond motifs is 4. The van der Waals surface area contributed by atoms with E-state index in [1.54, 1.807) is 6.33 Å². The number of anilines is 2. The Morgan fingerprint density at radius 2 is 2.22 bits per heavy atom. The molecule has 0 radical (unpaired) electrons. The minimum Gasteiger partial charge on any atom is -0.343 e. The van der Waals surface area contributed by atoms with Gasteiger partial charge >= 0.3 is 0 Å². The highest BCUT2D eigenvalue weighted by Gasteiger charge is 2.19. The Labute approximate surface area is 136 Å². The van der Waals surface area contributed by atoms with Crippen LogP contribution in [0, 0.1) is 0 Å². The van der Waals surface area contributed by atoms with Crippen LogP contribution in [0.5, 0.6) is 0 Å². The molecular formula is C16H14N6S. The maximum atomic E-state index is 4.48. The number of aromatic amines is 2. The summed E-state index contributed by atoms with van der Waals surface area (Å²) in [6.07, 6.45) is 4.50. The molecule has 0 spiro atoms. The van der Waals surface area contributed by atoms with Crippen molar-refractivity contribution in [2.45, 2.75) is 12.2 Å². The van der Waals surface area contributed by atoms with E-state index in [1.807, 2.05) is 30.1 Å². The lowest BCUT2D eigenvalue weighted by Crippen LogP contribution is -2.01. The van der Waals surface area contributed by atoms with E-state index in [0.29, 0.717) is 0 Å². The van der Waals surface area contributed by atoms with Crippen LogP contribution in [-0.2, 0) is 12.2 Å². The molecule has 4 aromatic rings. The van der Waals surface area contributed by atoms with Gasteiger partial charge in [-0.05, 0) is 35.9 Å². The zero-order valence-electron chi connectivity index (χ0n) is 12.3. The Hall–Kier alpha value is -2.54. The fourth-order valence-electron chi connectivity index (χ4n) is 3.11. The van der Waals surface area contributed by atoms with E-state index in [1.165, 1.54) is 11.3 Å². The van der Waals surface area contributed by atoms with Gasteiger partial charge in [0.05, 0.1) is 17.1 Å². The van der Waals surface area contributed by atoms with Gasteiger partial charge in [-0.2, -0.15) is 16.9 Å². The Balaban J connectivity index is 1.63. The molecule has 0 fully saturated rings. The molecule has 0 amide bonds. The van der Waals surface area contributed by atoms with E-state index < -0.39 is 0 Å². The topological polar surface area (TPSA) is 82.3 Å². The second-order valence-electron chi connectivity index (χ2n) is 5.63. The number of thioether (sulfide) groups is 1. The van der Waals surface area contributed by atoms with E-state index >= 15 is 0 Å². The van der Waals surface area contributed by atoms with Crippen LogP contribution in [0.4, 0.5) is 11.5 Å². The lowest BCUT2D eigenvalue weighted by Gasteiger charge is -2.12. The minimum atomic E-state index is 0.859. The molecule has 0 bridgehead atoms. The first-order valence-electron chi connectivity index (χ1n) is 7.51. The second kappa shape index (κ2) is 4.99. The average molecular weight is 322 g/mol. The largest absolute Gasteiger partial charge is 0.343 e. The zero-order valence-corrected chi connectivity index (χ0v) is 13.1. The molecule has 7 heteroatoms. The lowest BCUT2D eigenvalue weighted by molar-refractivity contribution is 1.03. The van der Waals surface area contributed by atoms with E-state index in [2.05, 4.69) is 36.5 Å². The number of hydrogen-bond acceptors (Lipinski definition) is 5. The number of rotatable bonds is 2. The third-order valence-electron chi connectivity index (χ3n) is 4.23. The number of aromatic nitrogens is 5. The van der Waals surface area contributed by atoms with Crippen molar-refractivity contribution >= 4 is 45.2 Å². The van der Waals surface area contributed by atoms with E-state index in [9.17, 15) is 0 Å². The smallest absolute Gasteiger partial charge is 0.143 e. The van der Waals surface area contributed by atoms with Crippen molar-refractivity contribution in [1.29, 1.82) is 0 Å². The van der Waals surface area contributed by atoms with Gasteiger partial charge in [0.2, 0.25) is 0 Å². The maximum Gasteiger partial charge on any atom is 0.143 e. The van der Waals surface area contributed by atoms with Gasteiger partial charge in [0.1, 0.15) is 17.8 Å². The molecule has 0 saturated heterocycles. The molecule has 3 N–H and O–H groups in total. The van der Waals surface area contributed by atoms with Crippen molar-refractivity contribution in [2.24, 2.45) is 0 Å². The number of H-pyrrole nitrogens is 2. The van der Waals surface area contributed by atoms with Crippen molar-refractivity contribution in [3.05, 3.63) is 42.0 Å². The quantitative estimate of drug-likeness (QED) is 0.527. The van der Waals surface area contributed by atoms with Crippen molar-refractivity contribution in [1.82, 2.24) is 25.1 Å². The molecule has 0 aliphatic carbocycles. The molecule has 3 aromatic heterocycles. The van der Waals surface area contributed by atoms with Crippen LogP contribution < -0.4 is 5.32 Å². The standard InChI is InChI=1S/C16H14N6S/c1-2-12-9(6-19-22-12)5-10(1)20-15-14-11-7-23-4-3-13(11)21-16(14)18-8-17-15/h1-2,5-6,8H,3-4,7H2,(H,19,22)(H2,17,18,20,21). The molecule has 1 aromatic carbocycles. The second-order valence-corrected chi connectivity index (χ2v) is 6.73. The van der Waals surface area contributed by atoms with Gasteiger partial charge in [-0.3, -0.25) is 5.10 Å². The molecule has 4 heterocycles. The van der Waals surface area contributed by atoms with E-state index in [4.69, 9.17) is 0 Å². The molecule has 1 aliphatic rings. The normalized spacial score (nSPS) is 14.3. The Morgan fingerprint density at radius 1 is 1.22 bits per heavy atom. The first kappa shape index (κ1) is 13.0. The summed E-state index contributed by atoms with van der Waals surface area (Å²) in [6.45, 7) is 0. The van der Waals surface area contributed by atoms with Crippen LogP contribution in [0.25, 0.3) is 21.9 Å². The van der Waals surface area contributed by atoms with Crippen LogP contribution >= 0.6 is 11.8 Å². The first-order chi connectivity index (χ1) is 11.4. The molecule has 0 atom stereocenters. The molecule has 0 unspecified atom stereocenters. The first-order valence-corrected chi connectivity index (χ1v) is 8.66. The van der Waals surface area contributed by atoms with Crippen molar-refractivity contribution in [3.8, 4) is 0 Å². The fourth-order valence-corrected chi connectivity index (χ4v) is 4.12. The monoisotopic (exact) mass is 322 g/mol. The summed E-state index contributed by atoms with van der Waals surface area (Å²) in [6, 6.07) is 6.12.